The molecule has 1 fully saturated rings. The molecule has 1 saturated heterocycles. The van der Waals surface area contributed by atoms with Crippen molar-refractivity contribution in [3.05, 3.63) is 35.6 Å². The Hall–Kier alpha value is -0.190. The molecular formula is C11H14FNS2. The largest absolute Gasteiger partial charge is 0.323 e. The van der Waals surface area contributed by atoms with E-state index >= 15 is 0 Å². The Morgan fingerprint density at radius 2 is 2.13 bits per heavy atom. The van der Waals surface area contributed by atoms with E-state index in [2.05, 4.69) is 0 Å². The van der Waals surface area contributed by atoms with Gasteiger partial charge in [-0.15, -0.1) is 0 Å². The van der Waals surface area contributed by atoms with Gasteiger partial charge in [-0.2, -0.15) is 23.5 Å². The van der Waals surface area contributed by atoms with Gasteiger partial charge in [0.1, 0.15) is 5.82 Å². The van der Waals surface area contributed by atoms with E-state index in [9.17, 15) is 4.39 Å². The second kappa shape index (κ2) is 5.23. The molecule has 1 aromatic rings. The monoisotopic (exact) mass is 243 g/mol. The summed E-state index contributed by atoms with van der Waals surface area (Å²) >= 11 is 3.77. The summed E-state index contributed by atoms with van der Waals surface area (Å²) in [4.78, 5) is 0. The molecule has 0 spiro atoms. The molecule has 0 aliphatic carbocycles. The third-order valence-electron chi connectivity index (χ3n) is 2.51. The van der Waals surface area contributed by atoms with Crippen molar-refractivity contribution in [2.45, 2.75) is 11.3 Å². The molecule has 2 unspecified atom stereocenters. The molecule has 0 amide bonds. The number of hydrogen-bond donors (Lipinski definition) is 1. The van der Waals surface area contributed by atoms with Gasteiger partial charge in [-0.3, -0.25) is 0 Å². The van der Waals surface area contributed by atoms with Gasteiger partial charge in [0.2, 0.25) is 0 Å². The van der Waals surface area contributed by atoms with Crippen LogP contribution in [0.3, 0.4) is 0 Å². The lowest BCUT2D eigenvalue weighted by Crippen LogP contribution is -2.29. The molecule has 0 radical (unpaired) electrons. The van der Waals surface area contributed by atoms with E-state index < -0.39 is 0 Å². The van der Waals surface area contributed by atoms with E-state index in [0.29, 0.717) is 10.8 Å². The number of halogens is 1. The van der Waals surface area contributed by atoms with Crippen LogP contribution >= 0.6 is 23.5 Å². The topological polar surface area (TPSA) is 26.0 Å². The van der Waals surface area contributed by atoms with E-state index in [-0.39, 0.29) is 11.9 Å². The Bertz CT molecular complexity index is 326. The third-order valence-corrected chi connectivity index (χ3v) is 5.39. The number of nitrogens with two attached hydrogens (primary N) is 1. The molecule has 2 N–H and O–H groups in total. The van der Waals surface area contributed by atoms with Gasteiger partial charge in [0.15, 0.2) is 0 Å². The summed E-state index contributed by atoms with van der Waals surface area (Å²) in [6.07, 6.45) is 0. The van der Waals surface area contributed by atoms with Gasteiger partial charge in [0.05, 0.1) is 0 Å². The maximum absolute atomic E-state index is 13.5. The predicted molar refractivity (Wildman–Crippen MR) is 66.9 cm³/mol. The summed E-state index contributed by atoms with van der Waals surface area (Å²) in [5.74, 6) is 3.16. The Labute approximate surface area is 98.0 Å². The molecule has 0 bridgehead atoms. The molecule has 0 saturated carbocycles. The van der Waals surface area contributed by atoms with Crippen LogP contribution in [0.2, 0.25) is 0 Å². The molecule has 2 rings (SSSR count). The van der Waals surface area contributed by atoms with Crippen molar-refractivity contribution in [3.8, 4) is 0 Å². The van der Waals surface area contributed by atoms with Gasteiger partial charge >= 0.3 is 0 Å². The van der Waals surface area contributed by atoms with Gasteiger partial charge < -0.3 is 5.73 Å². The van der Waals surface area contributed by atoms with E-state index in [1.807, 2.05) is 29.6 Å². The molecular weight excluding hydrogens is 229 g/mol. The molecule has 1 heterocycles. The minimum atomic E-state index is -0.179. The van der Waals surface area contributed by atoms with Crippen molar-refractivity contribution in [2.24, 2.45) is 5.73 Å². The Kier molecular flexibility index (Phi) is 3.94. The lowest BCUT2D eigenvalue weighted by molar-refractivity contribution is 0.580. The summed E-state index contributed by atoms with van der Waals surface area (Å²) in [6, 6.07) is 6.65. The predicted octanol–water partition coefficient (Wildman–Crippen LogP) is 2.67. The van der Waals surface area contributed by atoms with Gasteiger partial charge in [-0.05, 0) is 6.07 Å². The number of hydrogen-bond acceptors (Lipinski definition) is 3. The molecule has 1 nitrogen and oxygen atoms in total. The molecule has 2 atom stereocenters. The van der Waals surface area contributed by atoms with Crippen molar-refractivity contribution in [1.29, 1.82) is 0 Å². The Morgan fingerprint density at radius 1 is 1.33 bits per heavy atom. The summed E-state index contributed by atoms with van der Waals surface area (Å²) in [5.41, 5.74) is 6.75. The average Bonchev–Trinajstić information content (AvgIpc) is 2.30. The maximum atomic E-state index is 13.5. The zero-order valence-corrected chi connectivity index (χ0v) is 9.99. The van der Waals surface area contributed by atoms with Crippen molar-refractivity contribution in [2.75, 3.05) is 17.3 Å². The van der Waals surface area contributed by atoms with Crippen molar-refractivity contribution < 1.29 is 4.39 Å². The van der Waals surface area contributed by atoms with Crippen LogP contribution in [0.5, 0.6) is 0 Å². The second-order valence-electron chi connectivity index (χ2n) is 3.53. The zero-order valence-electron chi connectivity index (χ0n) is 8.36. The van der Waals surface area contributed by atoms with E-state index in [1.54, 1.807) is 12.1 Å². The van der Waals surface area contributed by atoms with E-state index in [0.717, 1.165) is 11.5 Å². The Morgan fingerprint density at radius 3 is 2.80 bits per heavy atom. The van der Waals surface area contributed by atoms with E-state index in [1.165, 1.54) is 11.8 Å². The van der Waals surface area contributed by atoms with Gasteiger partial charge in [-0.1, -0.05) is 18.2 Å². The number of thioether (sulfide) groups is 2. The van der Waals surface area contributed by atoms with Crippen molar-refractivity contribution in [3.63, 3.8) is 0 Å². The fraction of sp³-hybridized carbons (Fsp3) is 0.455. The van der Waals surface area contributed by atoms with Crippen LogP contribution in [0, 0.1) is 5.82 Å². The van der Waals surface area contributed by atoms with Crippen molar-refractivity contribution >= 4 is 23.5 Å². The summed E-state index contributed by atoms with van der Waals surface area (Å²) in [7, 11) is 0. The fourth-order valence-corrected chi connectivity index (χ4v) is 4.45. The first-order valence-electron chi connectivity index (χ1n) is 4.98. The molecule has 1 aliphatic rings. The second-order valence-corrected chi connectivity index (χ2v) is 6.03. The fourth-order valence-electron chi connectivity index (χ4n) is 1.66. The molecule has 1 aliphatic heterocycles. The quantitative estimate of drug-likeness (QED) is 0.865. The standard InChI is InChI=1S/C11H14FNS2/c12-9-4-2-1-3-8(9)11(13)10-7-14-5-6-15-10/h1-4,10-11H,5-7,13H2. The SMILES string of the molecule is NC(c1ccccc1F)C1CSCCS1. The lowest BCUT2D eigenvalue weighted by atomic mass is 10.0. The molecule has 4 heteroatoms. The van der Waals surface area contributed by atoms with E-state index in [4.69, 9.17) is 5.73 Å². The first-order chi connectivity index (χ1) is 7.29. The van der Waals surface area contributed by atoms with Crippen LogP contribution in [0.25, 0.3) is 0 Å². The highest BCUT2D eigenvalue weighted by Crippen LogP contribution is 2.32. The van der Waals surface area contributed by atoms with Gasteiger partial charge in [-0.25, -0.2) is 4.39 Å². The summed E-state index contributed by atoms with van der Waals surface area (Å²) in [6.45, 7) is 0. The normalized spacial score (nSPS) is 23.7. The summed E-state index contributed by atoms with van der Waals surface area (Å²) in [5, 5.41) is 0.348. The van der Waals surface area contributed by atoms with Crippen LogP contribution in [-0.2, 0) is 0 Å². The highest BCUT2D eigenvalue weighted by Gasteiger charge is 2.24. The first-order valence-corrected chi connectivity index (χ1v) is 7.19. The van der Waals surface area contributed by atoms with Crippen LogP contribution < -0.4 is 5.73 Å². The highest BCUT2D eigenvalue weighted by molar-refractivity contribution is 8.06. The first kappa shape index (κ1) is 11.3. The van der Waals surface area contributed by atoms with Crippen LogP contribution in [0.4, 0.5) is 4.39 Å². The highest BCUT2D eigenvalue weighted by atomic mass is 32.2. The van der Waals surface area contributed by atoms with Crippen LogP contribution in [-0.4, -0.2) is 22.5 Å². The third kappa shape index (κ3) is 2.68. The zero-order chi connectivity index (χ0) is 10.7. The van der Waals surface area contributed by atoms with Gasteiger partial charge in [0.25, 0.3) is 0 Å². The lowest BCUT2D eigenvalue weighted by Gasteiger charge is -2.27. The molecule has 1 aromatic carbocycles. The molecule has 82 valence electrons. The summed E-state index contributed by atoms with van der Waals surface area (Å²) < 4.78 is 13.5. The molecule has 15 heavy (non-hydrogen) atoms. The minimum Gasteiger partial charge on any atom is -0.323 e. The van der Waals surface area contributed by atoms with Crippen molar-refractivity contribution in [1.82, 2.24) is 0 Å². The molecule has 0 aromatic heterocycles. The maximum Gasteiger partial charge on any atom is 0.128 e. The Balaban J connectivity index is 2.12. The number of rotatable bonds is 2. The van der Waals surface area contributed by atoms with Crippen LogP contribution in [0.15, 0.2) is 24.3 Å². The van der Waals surface area contributed by atoms with Gasteiger partial charge in [0, 0.05) is 34.1 Å². The average molecular weight is 243 g/mol. The number of benzene rings is 1. The minimum absolute atomic E-state index is 0.177. The smallest absolute Gasteiger partial charge is 0.128 e. The van der Waals surface area contributed by atoms with Crippen LogP contribution in [0.1, 0.15) is 11.6 Å².